The third kappa shape index (κ3) is 3.43. The highest BCUT2D eigenvalue weighted by molar-refractivity contribution is 5.81. The number of nitrogens with one attached hydrogen (secondary N) is 1. The molecule has 0 aliphatic heterocycles. The third-order valence-electron chi connectivity index (χ3n) is 4.24. The van der Waals surface area contributed by atoms with Gasteiger partial charge in [0.15, 0.2) is 0 Å². The Morgan fingerprint density at radius 3 is 2.70 bits per heavy atom. The van der Waals surface area contributed by atoms with Crippen molar-refractivity contribution in [2.24, 2.45) is 5.92 Å². The van der Waals surface area contributed by atoms with E-state index in [2.05, 4.69) is 54.1 Å². The normalized spacial score (nSPS) is 12.9. The second-order valence-electron chi connectivity index (χ2n) is 5.75. The zero-order valence-corrected chi connectivity index (χ0v) is 13.2. The van der Waals surface area contributed by atoms with Crippen LogP contribution in [0.2, 0.25) is 0 Å². The highest BCUT2D eigenvalue weighted by atomic mass is 15.0. The summed E-state index contributed by atoms with van der Waals surface area (Å²) in [6, 6.07) is 11.1. The van der Waals surface area contributed by atoms with E-state index in [1.165, 1.54) is 42.3 Å². The van der Waals surface area contributed by atoms with E-state index in [0.717, 1.165) is 19.0 Å². The lowest BCUT2D eigenvalue weighted by molar-refractivity contribution is 0.390. The number of benzene rings is 1. The molecule has 0 aliphatic rings. The second kappa shape index (κ2) is 7.49. The maximum absolute atomic E-state index is 3.30. The molecule has 0 radical (unpaired) electrons. The van der Waals surface area contributed by atoms with Gasteiger partial charge in [0.25, 0.3) is 0 Å². The van der Waals surface area contributed by atoms with Crippen molar-refractivity contribution in [3.8, 4) is 0 Å². The van der Waals surface area contributed by atoms with Crippen molar-refractivity contribution in [3.63, 3.8) is 0 Å². The molecule has 2 aromatic rings. The van der Waals surface area contributed by atoms with E-state index in [9.17, 15) is 0 Å². The van der Waals surface area contributed by atoms with Gasteiger partial charge >= 0.3 is 0 Å². The number of nitrogens with zero attached hydrogens (tertiary/aromatic N) is 1. The molecule has 20 heavy (non-hydrogen) atoms. The molecule has 1 heterocycles. The molecule has 0 saturated carbocycles. The Bertz CT molecular complexity index is 527. The summed E-state index contributed by atoms with van der Waals surface area (Å²) in [6.45, 7) is 6.70. The Hall–Kier alpha value is -1.28. The molecule has 0 aliphatic carbocycles. The summed E-state index contributed by atoms with van der Waals surface area (Å²) in [4.78, 5) is 0. The van der Waals surface area contributed by atoms with Crippen molar-refractivity contribution in [1.82, 2.24) is 9.88 Å². The van der Waals surface area contributed by atoms with Gasteiger partial charge in [-0.25, -0.2) is 0 Å². The highest BCUT2D eigenvalue weighted by Crippen LogP contribution is 2.24. The molecule has 1 N–H and O–H groups in total. The molecule has 2 rings (SSSR count). The fourth-order valence-electron chi connectivity index (χ4n) is 2.99. The quantitative estimate of drug-likeness (QED) is 0.744. The summed E-state index contributed by atoms with van der Waals surface area (Å²) >= 11 is 0. The first kappa shape index (κ1) is 15.1. The number of hydrogen-bond donors (Lipinski definition) is 1. The maximum atomic E-state index is 3.30. The zero-order valence-electron chi connectivity index (χ0n) is 13.2. The molecule has 1 aromatic heterocycles. The molecule has 2 heteroatoms. The van der Waals surface area contributed by atoms with E-state index in [0.29, 0.717) is 0 Å². The van der Waals surface area contributed by atoms with Crippen molar-refractivity contribution in [3.05, 3.63) is 36.0 Å². The Kier molecular flexibility index (Phi) is 5.66. The minimum atomic E-state index is 0.793. The van der Waals surface area contributed by atoms with Crippen LogP contribution in [0.15, 0.2) is 30.3 Å². The van der Waals surface area contributed by atoms with E-state index < -0.39 is 0 Å². The minimum Gasteiger partial charge on any atom is -0.343 e. The number of unbranched alkanes of at least 4 members (excludes halogenated alkanes) is 1. The Labute approximate surface area is 123 Å². The lowest BCUT2D eigenvalue weighted by Crippen LogP contribution is -2.16. The molecular weight excluding hydrogens is 244 g/mol. The van der Waals surface area contributed by atoms with Crippen LogP contribution in [0.25, 0.3) is 10.9 Å². The van der Waals surface area contributed by atoms with Crippen molar-refractivity contribution in [2.45, 2.75) is 52.6 Å². The molecule has 0 spiro atoms. The van der Waals surface area contributed by atoms with Gasteiger partial charge in [0, 0.05) is 24.3 Å². The molecule has 1 aromatic carbocycles. The molecule has 0 fully saturated rings. The van der Waals surface area contributed by atoms with Crippen LogP contribution in [-0.2, 0) is 13.1 Å². The average Bonchev–Trinajstić information content (AvgIpc) is 2.81. The highest BCUT2D eigenvalue weighted by Gasteiger charge is 2.12. The van der Waals surface area contributed by atoms with Crippen LogP contribution in [0, 0.1) is 5.92 Å². The molecule has 0 saturated heterocycles. The van der Waals surface area contributed by atoms with Crippen molar-refractivity contribution >= 4 is 10.9 Å². The van der Waals surface area contributed by atoms with Crippen molar-refractivity contribution in [2.75, 3.05) is 7.05 Å². The summed E-state index contributed by atoms with van der Waals surface area (Å²) in [5.74, 6) is 0.793. The Morgan fingerprint density at radius 2 is 2.00 bits per heavy atom. The van der Waals surface area contributed by atoms with Gasteiger partial charge in [-0.05, 0) is 36.9 Å². The smallest absolute Gasteiger partial charge is 0.0483 e. The van der Waals surface area contributed by atoms with Crippen molar-refractivity contribution < 1.29 is 0 Å². The molecular formula is C18H28N2. The number of fused-ring (bicyclic) bond motifs is 1. The van der Waals surface area contributed by atoms with Crippen molar-refractivity contribution in [1.29, 1.82) is 0 Å². The molecule has 1 atom stereocenters. The first-order valence-corrected chi connectivity index (χ1v) is 8.01. The van der Waals surface area contributed by atoms with Crippen LogP contribution in [-0.4, -0.2) is 11.6 Å². The standard InChI is InChI=1S/C18H28N2/c1-4-6-9-15(5-2)14-20-17(13-19-3)12-16-10-7-8-11-18(16)20/h7-8,10-12,15,19H,4-6,9,13-14H2,1-3H3. The van der Waals surface area contributed by atoms with Gasteiger partial charge in [0.2, 0.25) is 0 Å². The number of hydrogen-bond acceptors (Lipinski definition) is 1. The van der Waals surface area contributed by atoms with E-state index in [-0.39, 0.29) is 0 Å². The predicted octanol–water partition coefficient (Wildman–Crippen LogP) is 4.58. The van der Waals surface area contributed by atoms with Crippen LogP contribution >= 0.6 is 0 Å². The monoisotopic (exact) mass is 272 g/mol. The van der Waals surface area contributed by atoms with Gasteiger partial charge in [-0.1, -0.05) is 51.3 Å². The fraction of sp³-hybridized carbons (Fsp3) is 0.556. The fourth-order valence-corrected chi connectivity index (χ4v) is 2.99. The van der Waals surface area contributed by atoms with E-state index in [4.69, 9.17) is 0 Å². The summed E-state index contributed by atoms with van der Waals surface area (Å²) in [5, 5.41) is 4.66. The summed E-state index contributed by atoms with van der Waals surface area (Å²) in [6.07, 6.45) is 5.26. The number of rotatable bonds is 8. The second-order valence-corrected chi connectivity index (χ2v) is 5.75. The minimum absolute atomic E-state index is 0.793. The first-order chi connectivity index (χ1) is 9.80. The summed E-state index contributed by atoms with van der Waals surface area (Å²) < 4.78 is 2.52. The first-order valence-electron chi connectivity index (χ1n) is 8.01. The van der Waals surface area contributed by atoms with E-state index in [1.54, 1.807) is 0 Å². The molecule has 110 valence electrons. The lowest BCUT2D eigenvalue weighted by Gasteiger charge is -2.18. The molecule has 0 amide bonds. The van der Waals surface area contributed by atoms with Gasteiger partial charge < -0.3 is 9.88 Å². The third-order valence-corrected chi connectivity index (χ3v) is 4.24. The SMILES string of the molecule is CCCCC(CC)Cn1c(CNC)cc2ccccc21. The van der Waals surface area contributed by atoms with Crippen LogP contribution in [0.1, 0.15) is 45.2 Å². The summed E-state index contributed by atoms with van der Waals surface area (Å²) in [5.41, 5.74) is 2.79. The zero-order chi connectivity index (χ0) is 14.4. The van der Waals surface area contributed by atoms with Gasteiger partial charge in [-0.3, -0.25) is 0 Å². The average molecular weight is 272 g/mol. The topological polar surface area (TPSA) is 17.0 Å². The van der Waals surface area contributed by atoms with Crippen LogP contribution in [0.4, 0.5) is 0 Å². The van der Waals surface area contributed by atoms with E-state index in [1.807, 2.05) is 7.05 Å². The van der Waals surface area contributed by atoms with Crippen LogP contribution in [0.5, 0.6) is 0 Å². The van der Waals surface area contributed by atoms with Gasteiger partial charge in [0.1, 0.15) is 0 Å². The molecule has 0 bridgehead atoms. The largest absolute Gasteiger partial charge is 0.343 e. The number of para-hydroxylation sites is 1. The van der Waals surface area contributed by atoms with Crippen LogP contribution < -0.4 is 5.32 Å². The van der Waals surface area contributed by atoms with Gasteiger partial charge in [-0.2, -0.15) is 0 Å². The van der Waals surface area contributed by atoms with Gasteiger partial charge in [-0.15, -0.1) is 0 Å². The lowest BCUT2D eigenvalue weighted by atomic mass is 9.99. The van der Waals surface area contributed by atoms with Gasteiger partial charge in [0.05, 0.1) is 0 Å². The molecule has 1 unspecified atom stereocenters. The maximum Gasteiger partial charge on any atom is 0.0483 e. The number of aromatic nitrogens is 1. The van der Waals surface area contributed by atoms with Crippen LogP contribution in [0.3, 0.4) is 0 Å². The molecule has 2 nitrogen and oxygen atoms in total. The summed E-state index contributed by atoms with van der Waals surface area (Å²) in [7, 11) is 2.02. The van der Waals surface area contributed by atoms with E-state index >= 15 is 0 Å². The predicted molar refractivity (Wildman–Crippen MR) is 88.0 cm³/mol. The Morgan fingerprint density at radius 1 is 1.20 bits per heavy atom. The Balaban J connectivity index is 2.27.